The molecule has 0 amide bonds. The summed E-state index contributed by atoms with van der Waals surface area (Å²) in [7, 11) is -4.81. The molecule has 286 valence electrons. The van der Waals surface area contributed by atoms with Gasteiger partial charge in [-0.25, -0.2) is 18.0 Å². The van der Waals surface area contributed by atoms with Crippen molar-refractivity contribution in [3.8, 4) is 0 Å². The zero-order valence-corrected chi connectivity index (χ0v) is 35.4. The first-order valence-electron chi connectivity index (χ1n) is 20.0. The van der Waals surface area contributed by atoms with E-state index in [9.17, 15) is 22.6 Å². The summed E-state index contributed by atoms with van der Waals surface area (Å²) in [6.45, 7) is 4.82. The zero-order chi connectivity index (χ0) is 36.5. The third kappa shape index (κ3) is 27.8. The number of rotatable bonds is 33. The molecule has 0 aliphatic rings. The minimum absolute atomic E-state index is 0. The van der Waals surface area contributed by atoms with E-state index in [0.29, 0.717) is 12.8 Å². The van der Waals surface area contributed by atoms with Crippen LogP contribution in [0.25, 0.3) is 0 Å². The number of unbranched alkanes of at least 4 members (excludes halogenated alkanes) is 22. The first-order chi connectivity index (χ1) is 24.3. The van der Waals surface area contributed by atoms with Crippen LogP contribution in [0.1, 0.15) is 202 Å². The van der Waals surface area contributed by atoms with E-state index in [4.69, 9.17) is 9.47 Å². The molecule has 0 unspecified atom stereocenters. The first kappa shape index (κ1) is 49.6. The molecule has 9 heteroatoms. The van der Waals surface area contributed by atoms with Crippen LogP contribution in [0.4, 0.5) is 0 Å². The molecule has 0 heterocycles. The van der Waals surface area contributed by atoms with Gasteiger partial charge in [0.25, 0.3) is 0 Å². The molecule has 0 saturated heterocycles. The van der Waals surface area contributed by atoms with Gasteiger partial charge in [0.15, 0.2) is 0 Å². The Morgan fingerprint density at radius 2 is 0.863 bits per heavy atom. The van der Waals surface area contributed by atoms with Gasteiger partial charge in [-0.3, -0.25) is 0 Å². The van der Waals surface area contributed by atoms with Crippen molar-refractivity contribution < 1.29 is 61.6 Å². The van der Waals surface area contributed by atoms with E-state index in [0.717, 1.165) is 56.7 Å². The second-order valence-corrected chi connectivity index (χ2v) is 15.0. The zero-order valence-electron chi connectivity index (χ0n) is 32.6. The number of benzene rings is 1. The van der Waals surface area contributed by atoms with Crippen LogP contribution < -0.4 is 29.6 Å². The van der Waals surface area contributed by atoms with Crippen LogP contribution in [0.15, 0.2) is 47.4 Å². The summed E-state index contributed by atoms with van der Waals surface area (Å²) < 4.78 is 45.6. The third-order valence-electron chi connectivity index (χ3n) is 9.00. The van der Waals surface area contributed by atoms with Crippen LogP contribution in [0.3, 0.4) is 0 Å². The number of ether oxygens (including phenoxy) is 2. The topological polar surface area (TPSA) is 110 Å². The molecule has 1 aromatic rings. The summed E-state index contributed by atoms with van der Waals surface area (Å²) in [5.74, 6) is -1.56. The fraction of sp³-hybridized carbons (Fsp3) is 0.714. The summed E-state index contributed by atoms with van der Waals surface area (Å²) in [5.41, 5.74) is -0.347. The van der Waals surface area contributed by atoms with Gasteiger partial charge in [0.2, 0.25) is 0 Å². The summed E-state index contributed by atoms with van der Waals surface area (Å²) in [4.78, 5) is 25.1. The maximum Gasteiger partial charge on any atom is 1.00 e. The van der Waals surface area contributed by atoms with Gasteiger partial charge in [-0.2, -0.15) is 0 Å². The van der Waals surface area contributed by atoms with Crippen molar-refractivity contribution in [2.24, 2.45) is 0 Å². The second kappa shape index (κ2) is 34.3. The van der Waals surface area contributed by atoms with E-state index in [1.807, 2.05) is 0 Å². The smallest absolute Gasteiger partial charge is 0.744 e. The average molecular weight is 741 g/mol. The molecule has 0 saturated carbocycles. The van der Waals surface area contributed by atoms with Gasteiger partial charge in [0.05, 0.1) is 29.2 Å². The summed E-state index contributed by atoms with van der Waals surface area (Å²) in [6, 6.07) is 3.12. The van der Waals surface area contributed by atoms with Gasteiger partial charge in [-0.1, -0.05) is 141 Å². The number of hydrogen-bond donors (Lipinski definition) is 0. The molecular formula is C42H69NaO7S. The molecule has 0 N–H and O–H groups in total. The molecule has 0 bridgehead atoms. The Morgan fingerprint density at radius 1 is 0.529 bits per heavy atom. The van der Waals surface area contributed by atoms with Crippen LogP contribution in [-0.4, -0.2) is 38.1 Å². The Morgan fingerprint density at radius 3 is 1.24 bits per heavy atom. The van der Waals surface area contributed by atoms with Crippen LogP contribution in [-0.2, 0) is 19.6 Å². The molecular weight excluding hydrogens is 672 g/mol. The van der Waals surface area contributed by atoms with Crippen molar-refractivity contribution >= 4 is 22.1 Å². The largest absolute Gasteiger partial charge is 1.00 e. The molecule has 0 aromatic heterocycles. The Balaban J connectivity index is 0.0000250. The van der Waals surface area contributed by atoms with Gasteiger partial charge in [-0.15, -0.1) is 0 Å². The van der Waals surface area contributed by atoms with Gasteiger partial charge in [-0.05, 0) is 82.4 Å². The molecule has 7 nitrogen and oxygen atoms in total. The Kier molecular flexibility index (Phi) is 33.4. The van der Waals surface area contributed by atoms with Crippen LogP contribution >= 0.6 is 0 Å². The van der Waals surface area contributed by atoms with E-state index < -0.39 is 27.0 Å². The average Bonchev–Trinajstić information content (AvgIpc) is 3.10. The standard InChI is InChI=1S/C42H70O7S.Na/c1-3-5-7-9-11-13-15-17-19-21-23-25-27-29-31-35-48-41(43)39-34-33-38(50(45,46)47)37-40(39)42(44)49-36-32-30-28-26-24-22-20-18-16-14-12-10-8-6-4-2;/h11-14,33-34,37H,3-10,15-32,35-36H2,1-2H3,(H,45,46,47);/q;+1/p-1/b13-11+,14-12+;. The number of carbonyl (C=O) groups excluding carboxylic acids is 2. The molecule has 0 atom stereocenters. The number of hydrogen-bond acceptors (Lipinski definition) is 7. The quantitative estimate of drug-likeness (QED) is 0.0232. The summed E-state index contributed by atoms with van der Waals surface area (Å²) in [6.07, 6.45) is 39.3. The first-order valence-corrected chi connectivity index (χ1v) is 21.5. The van der Waals surface area contributed by atoms with Crippen LogP contribution in [0, 0.1) is 0 Å². The SMILES string of the molecule is CCCCC/C=C/CCCCCCCCCCOC(=O)c1ccc(S(=O)(=O)[O-])cc1C(=O)OCCCCCCCCCC/C=C/CCCCC.[Na+]. The van der Waals surface area contributed by atoms with Gasteiger partial charge in [0.1, 0.15) is 10.1 Å². The van der Waals surface area contributed by atoms with Crippen molar-refractivity contribution in [1.29, 1.82) is 0 Å². The van der Waals surface area contributed by atoms with Crippen LogP contribution in [0.2, 0.25) is 0 Å². The molecule has 0 aliphatic carbocycles. The Hall–Kier alpha value is -1.45. The van der Waals surface area contributed by atoms with Gasteiger partial charge >= 0.3 is 41.5 Å². The van der Waals surface area contributed by atoms with Crippen molar-refractivity contribution in [2.75, 3.05) is 13.2 Å². The van der Waals surface area contributed by atoms with E-state index in [2.05, 4.69) is 38.2 Å². The molecule has 51 heavy (non-hydrogen) atoms. The molecule has 0 aliphatic heterocycles. The minimum atomic E-state index is -4.81. The van der Waals surface area contributed by atoms with Crippen molar-refractivity contribution in [1.82, 2.24) is 0 Å². The molecule has 1 rings (SSSR count). The van der Waals surface area contributed by atoms with Gasteiger partial charge < -0.3 is 14.0 Å². The van der Waals surface area contributed by atoms with E-state index >= 15 is 0 Å². The van der Waals surface area contributed by atoms with E-state index in [-0.39, 0.29) is 53.9 Å². The predicted molar refractivity (Wildman–Crippen MR) is 205 cm³/mol. The maximum absolute atomic E-state index is 12.9. The van der Waals surface area contributed by atoms with E-state index in [1.54, 1.807) is 0 Å². The van der Waals surface area contributed by atoms with Crippen molar-refractivity contribution in [3.05, 3.63) is 53.6 Å². The molecule has 1 aromatic carbocycles. The summed E-state index contributed by atoms with van der Waals surface area (Å²) >= 11 is 0. The number of esters is 2. The number of allylic oxidation sites excluding steroid dienone is 4. The second-order valence-electron chi connectivity index (χ2n) is 13.6. The Labute approximate surface area is 334 Å². The monoisotopic (exact) mass is 740 g/mol. The van der Waals surface area contributed by atoms with E-state index in [1.165, 1.54) is 116 Å². The molecule has 0 fully saturated rings. The number of carbonyl (C=O) groups is 2. The van der Waals surface area contributed by atoms with Crippen molar-refractivity contribution in [2.45, 2.75) is 186 Å². The molecule has 0 radical (unpaired) electrons. The fourth-order valence-electron chi connectivity index (χ4n) is 5.86. The summed E-state index contributed by atoms with van der Waals surface area (Å²) in [5, 5.41) is 0. The van der Waals surface area contributed by atoms with Crippen LogP contribution in [0.5, 0.6) is 0 Å². The third-order valence-corrected chi connectivity index (χ3v) is 9.83. The Bertz CT molecular complexity index is 1180. The minimum Gasteiger partial charge on any atom is -0.744 e. The van der Waals surface area contributed by atoms with Gasteiger partial charge in [0, 0.05) is 0 Å². The normalized spacial score (nSPS) is 11.7. The molecule has 0 spiro atoms. The maximum atomic E-state index is 12.9. The predicted octanol–water partition coefficient (Wildman–Crippen LogP) is 9.20. The fourth-order valence-corrected chi connectivity index (χ4v) is 6.35. The van der Waals surface area contributed by atoms with Crippen molar-refractivity contribution in [3.63, 3.8) is 0 Å².